The number of allylic oxidation sites excluding steroid dienone is 1. The molecule has 0 atom stereocenters. The third kappa shape index (κ3) is 3.37. The minimum atomic E-state index is 0.178. The maximum atomic E-state index is 10.8. The van der Waals surface area contributed by atoms with Crippen LogP contribution >= 0.6 is 23.2 Å². The Balaban J connectivity index is 3.16. The molecule has 80 valence electrons. The molecule has 1 rings (SSSR count). The van der Waals surface area contributed by atoms with E-state index >= 15 is 0 Å². The van der Waals surface area contributed by atoms with Gasteiger partial charge in [0.05, 0.1) is 0 Å². The summed E-state index contributed by atoms with van der Waals surface area (Å²) in [7, 11) is 0. The van der Waals surface area contributed by atoms with Crippen molar-refractivity contribution < 1.29 is 4.79 Å². The molecule has 0 bridgehead atoms. The maximum Gasteiger partial charge on any atom is 0.146 e. The Kier molecular flexibility index (Phi) is 4.37. The first-order chi connectivity index (χ1) is 7.04. The van der Waals surface area contributed by atoms with Gasteiger partial charge in [-0.15, -0.1) is 0 Å². The standard InChI is InChI=1S/C12H12Cl2O/c1-8(2)10(7-15)5-9-6-11(13)3-4-12(9)14/h3-8H,1-2H3/b10-5+. The highest BCUT2D eigenvalue weighted by atomic mass is 35.5. The third-order valence-corrected chi connectivity index (χ3v) is 2.66. The molecule has 0 aliphatic heterocycles. The van der Waals surface area contributed by atoms with Gasteiger partial charge in [-0.2, -0.15) is 0 Å². The number of rotatable bonds is 3. The molecular formula is C12H12Cl2O. The van der Waals surface area contributed by atoms with Gasteiger partial charge in [-0.25, -0.2) is 0 Å². The highest BCUT2D eigenvalue weighted by molar-refractivity contribution is 6.34. The molecule has 0 amide bonds. The van der Waals surface area contributed by atoms with Crippen molar-refractivity contribution >= 4 is 35.6 Å². The van der Waals surface area contributed by atoms with Gasteiger partial charge in [0.2, 0.25) is 0 Å². The van der Waals surface area contributed by atoms with Crippen LogP contribution in [0, 0.1) is 5.92 Å². The van der Waals surface area contributed by atoms with E-state index in [0.717, 1.165) is 11.8 Å². The van der Waals surface area contributed by atoms with E-state index < -0.39 is 0 Å². The van der Waals surface area contributed by atoms with E-state index in [1.165, 1.54) is 0 Å². The van der Waals surface area contributed by atoms with Crippen LogP contribution < -0.4 is 0 Å². The Bertz CT molecular complexity index is 395. The molecule has 0 heterocycles. The lowest BCUT2D eigenvalue weighted by Gasteiger charge is -2.05. The Labute approximate surface area is 99.7 Å². The SMILES string of the molecule is CC(C)/C(C=O)=C/c1cc(Cl)ccc1Cl. The van der Waals surface area contributed by atoms with E-state index in [9.17, 15) is 4.79 Å². The first-order valence-electron chi connectivity index (χ1n) is 4.66. The van der Waals surface area contributed by atoms with Crippen molar-refractivity contribution in [1.82, 2.24) is 0 Å². The van der Waals surface area contributed by atoms with Crippen molar-refractivity contribution in [1.29, 1.82) is 0 Å². The van der Waals surface area contributed by atoms with Crippen molar-refractivity contribution in [3.05, 3.63) is 39.4 Å². The maximum absolute atomic E-state index is 10.8. The summed E-state index contributed by atoms with van der Waals surface area (Å²) in [5.74, 6) is 0.178. The van der Waals surface area contributed by atoms with Crippen LogP contribution in [0.5, 0.6) is 0 Å². The molecule has 0 aromatic heterocycles. The van der Waals surface area contributed by atoms with Crippen LogP contribution in [-0.4, -0.2) is 6.29 Å². The van der Waals surface area contributed by atoms with Crippen LogP contribution in [0.2, 0.25) is 10.0 Å². The molecule has 0 radical (unpaired) electrons. The van der Waals surface area contributed by atoms with E-state index in [0.29, 0.717) is 15.6 Å². The highest BCUT2D eigenvalue weighted by Crippen LogP contribution is 2.24. The van der Waals surface area contributed by atoms with E-state index in [1.807, 2.05) is 13.8 Å². The monoisotopic (exact) mass is 242 g/mol. The number of halogens is 2. The summed E-state index contributed by atoms with van der Waals surface area (Å²) in [6.45, 7) is 3.91. The fourth-order valence-corrected chi connectivity index (χ4v) is 1.49. The van der Waals surface area contributed by atoms with Crippen LogP contribution in [0.25, 0.3) is 6.08 Å². The quantitative estimate of drug-likeness (QED) is 0.573. The van der Waals surface area contributed by atoms with Crippen molar-refractivity contribution in [3.63, 3.8) is 0 Å². The van der Waals surface area contributed by atoms with Crippen LogP contribution in [0.1, 0.15) is 19.4 Å². The lowest BCUT2D eigenvalue weighted by atomic mass is 10.0. The predicted molar refractivity (Wildman–Crippen MR) is 65.3 cm³/mol. The topological polar surface area (TPSA) is 17.1 Å². The fourth-order valence-electron chi connectivity index (χ4n) is 1.14. The molecule has 15 heavy (non-hydrogen) atoms. The van der Waals surface area contributed by atoms with Gasteiger partial charge in [0.1, 0.15) is 6.29 Å². The average Bonchev–Trinajstić information content (AvgIpc) is 2.18. The van der Waals surface area contributed by atoms with Gasteiger partial charge < -0.3 is 0 Å². The summed E-state index contributed by atoms with van der Waals surface area (Å²) in [4.78, 5) is 10.8. The van der Waals surface area contributed by atoms with Gasteiger partial charge in [-0.1, -0.05) is 37.0 Å². The van der Waals surface area contributed by atoms with Gasteiger partial charge in [-0.05, 0) is 41.3 Å². The molecular weight excluding hydrogens is 231 g/mol. The molecule has 0 unspecified atom stereocenters. The zero-order valence-corrected chi connectivity index (χ0v) is 10.1. The van der Waals surface area contributed by atoms with Crippen LogP contribution in [0.15, 0.2) is 23.8 Å². The van der Waals surface area contributed by atoms with Crippen LogP contribution in [0.3, 0.4) is 0 Å². The van der Waals surface area contributed by atoms with E-state index in [-0.39, 0.29) is 5.92 Å². The molecule has 0 saturated heterocycles. The van der Waals surface area contributed by atoms with Crippen molar-refractivity contribution in [2.45, 2.75) is 13.8 Å². The number of hydrogen-bond donors (Lipinski definition) is 0. The van der Waals surface area contributed by atoms with Crippen LogP contribution in [0.4, 0.5) is 0 Å². The van der Waals surface area contributed by atoms with E-state index in [2.05, 4.69) is 0 Å². The molecule has 0 spiro atoms. The fraction of sp³-hybridized carbons (Fsp3) is 0.250. The molecule has 1 aromatic rings. The second-order valence-corrected chi connectivity index (χ2v) is 4.43. The summed E-state index contributed by atoms with van der Waals surface area (Å²) in [5.41, 5.74) is 1.49. The summed E-state index contributed by atoms with van der Waals surface area (Å²) in [5, 5.41) is 1.21. The number of hydrogen-bond acceptors (Lipinski definition) is 1. The molecule has 0 saturated carbocycles. The number of carbonyl (C=O) groups is 1. The summed E-state index contributed by atoms with van der Waals surface area (Å²) in [6.07, 6.45) is 2.62. The van der Waals surface area contributed by atoms with Crippen molar-refractivity contribution in [2.24, 2.45) is 5.92 Å². The minimum absolute atomic E-state index is 0.178. The Morgan fingerprint density at radius 2 is 2.00 bits per heavy atom. The van der Waals surface area contributed by atoms with Gasteiger partial charge in [0.25, 0.3) is 0 Å². The zero-order chi connectivity index (χ0) is 11.4. The van der Waals surface area contributed by atoms with Gasteiger partial charge in [-0.3, -0.25) is 4.79 Å². The molecule has 1 aromatic carbocycles. The molecule has 0 aliphatic rings. The summed E-state index contributed by atoms with van der Waals surface area (Å²) in [6, 6.07) is 5.19. The Hall–Kier alpha value is -0.790. The van der Waals surface area contributed by atoms with Gasteiger partial charge in [0, 0.05) is 10.0 Å². The first kappa shape index (κ1) is 12.3. The minimum Gasteiger partial charge on any atom is -0.298 e. The normalized spacial score (nSPS) is 11.9. The Morgan fingerprint density at radius 3 is 2.53 bits per heavy atom. The Morgan fingerprint density at radius 1 is 1.33 bits per heavy atom. The number of aldehydes is 1. The summed E-state index contributed by atoms with van der Waals surface area (Å²) < 4.78 is 0. The largest absolute Gasteiger partial charge is 0.298 e. The third-order valence-electron chi connectivity index (χ3n) is 2.08. The van der Waals surface area contributed by atoms with E-state index in [1.54, 1.807) is 24.3 Å². The molecule has 0 fully saturated rings. The molecule has 1 nitrogen and oxygen atoms in total. The van der Waals surface area contributed by atoms with Crippen molar-refractivity contribution in [2.75, 3.05) is 0 Å². The van der Waals surface area contributed by atoms with E-state index in [4.69, 9.17) is 23.2 Å². The molecule has 0 N–H and O–H groups in total. The molecule has 0 aliphatic carbocycles. The second-order valence-electron chi connectivity index (χ2n) is 3.58. The van der Waals surface area contributed by atoms with Gasteiger partial charge >= 0.3 is 0 Å². The first-order valence-corrected chi connectivity index (χ1v) is 5.42. The van der Waals surface area contributed by atoms with Crippen molar-refractivity contribution in [3.8, 4) is 0 Å². The predicted octanol–water partition coefficient (Wildman–Crippen LogP) is 4.23. The smallest absolute Gasteiger partial charge is 0.146 e. The number of carbonyl (C=O) groups excluding carboxylic acids is 1. The average molecular weight is 243 g/mol. The van der Waals surface area contributed by atoms with Gasteiger partial charge in [0.15, 0.2) is 0 Å². The lowest BCUT2D eigenvalue weighted by molar-refractivity contribution is -0.105. The highest BCUT2D eigenvalue weighted by Gasteiger charge is 2.04. The van der Waals surface area contributed by atoms with Crippen LogP contribution in [-0.2, 0) is 4.79 Å². The second kappa shape index (κ2) is 5.34. The lowest BCUT2D eigenvalue weighted by Crippen LogP contribution is -1.95. The molecule has 3 heteroatoms. The summed E-state index contributed by atoms with van der Waals surface area (Å²) >= 11 is 11.8. The zero-order valence-electron chi connectivity index (χ0n) is 8.63. The number of benzene rings is 1.